The first-order chi connectivity index (χ1) is 10.7. The zero-order valence-corrected chi connectivity index (χ0v) is 13.8. The van der Waals surface area contributed by atoms with Crippen molar-refractivity contribution in [2.45, 2.75) is 17.6 Å². The van der Waals surface area contributed by atoms with E-state index < -0.39 is 0 Å². The van der Waals surface area contributed by atoms with E-state index in [-0.39, 0.29) is 5.91 Å². The highest BCUT2D eigenvalue weighted by Gasteiger charge is 2.05. The molecule has 0 fully saturated rings. The molecule has 1 heterocycles. The first kappa shape index (κ1) is 15.1. The highest BCUT2D eigenvalue weighted by molar-refractivity contribution is 8.01. The van der Waals surface area contributed by atoms with Gasteiger partial charge in [-0.1, -0.05) is 53.8 Å². The Kier molecular flexibility index (Phi) is 4.75. The van der Waals surface area contributed by atoms with Crippen LogP contribution in [0.5, 0.6) is 0 Å². The van der Waals surface area contributed by atoms with E-state index in [1.165, 1.54) is 34.6 Å². The van der Waals surface area contributed by atoms with Gasteiger partial charge in [-0.05, 0) is 22.8 Å². The number of benzene rings is 2. The molecule has 0 aliphatic rings. The number of rotatable bonds is 5. The standard InChI is InChI=1S/C17H16N2OS2/c1-12(20)19-17-18-11-16(22-17)21-10-9-14-7-4-6-13-5-2-3-8-15(13)14/h2-8,11H,9-10H2,1H3,(H,18,19,20). The maximum atomic E-state index is 11.0. The Morgan fingerprint density at radius 1 is 1.23 bits per heavy atom. The third-order valence-corrected chi connectivity index (χ3v) is 5.37. The second-order valence-corrected chi connectivity index (χ2v) is 7.33. The minimum atomic E-state index is -0.0818. The average molecular weight is 328 g/mol. The Balaban J connectivity index is 1.62. The van der Waals surface area contributed by atoms with Gasteiger partial charge in [-0.3, -0.25) is 4.79 Å². The SMILES string of the molecule is CC(=O)Nc1ncc(SCCc2cccc3ccccc23)s1. The van der Waals surface area contributed by atoms with Gasteiger partial charge in [0.25, 0.3) is 0 Å². The number of amides is 1. The molecule has 0 aliphatic heterocycles. The first-order valence-corrected chi connectivity index (χ1v) is 8.85. The van der Waals surface area contributed by atoms with Gasteiger partial charge in [0.2, 0.25) is 5.91 Å². The maximum Gasteiger partial charge on any atom is 0.223 e. The Morgan fingerprint density at radius 2 is 2.05 bits per heavy atom. The summed E-state index contributed by atoms with van der Waals surface area (Å²) in [5, 5.41) is 5.99. The van der Waals surface area contributed by atoms with Crippen molar-refractivity contribution in [2.24, 2.45) is 0 Å². The number of anilines is 1. The van der Waals surface area contributed by atoms with Gasteiger partial charge >= 0.3 is 0 Å². The van der Waals surface area contributed by atoms with Gasteiger partial charge in [0.1, 0.15) is 0 Å². The zero-order valence-electron chi connectivity index (χ0n) is 12.2. The average Bonchev–Trinajstić information content (AvgIpc) is 2.94. The van der Waals surface area contributed by atoms with Crippen molar-refractivity contribution >= 4 is 44.9 Å². The third-order valence-electron chi connectivity index (χ3n) is 3.26. The molecule has 0 unspecified atom stereocenters. The molecule has 5 heteroatoms. The summed E-state index contributed by atoms with van der Waals surface area (Å²) >= 11 is 3.30. The van der Waals surface area contributed by atoms with Gasteiger partial charge in [0.15, 0.2) is 5.13 Å². The van der Waals surface area contributed by atoms with Crippen molar-refractivity contribution in [1.82, 2.24) is 4.98 Å². The largest absolute Gasteiger partial charge is 0.302 e. The minimum absolute atomic E-state index is 0.0818. The van der Waals surface area contributed by atoms with Crippen molar-refractivity contribution < 1.29 is 4.79 Å². The number of thiazole rings is 1. The number of aryl methyl sites for hydroxylation is 1. The number of carbonyl (C=O) groups excluding carboxylic acids is 1. The van der Waals surface area contributed by atoms with E-state index in [9.17, 15) is 4.79 Å². The molecule has 0 spiro atoms. The van der Waals surface area contributed by atoms with E-state index in [2.05, 4.69) is 52.8 Å². The molecule has 0 bridgehead atoms. The summed E-state index contributed by atoms with van der Waals surface area (Å²) in [7, 11) is 0. The van der Waals surface area contributed by atoms with Crippen LogP contribution in [0.4, 0.5) is 5.13 Å². The Labute approximate surface area is 137 Å². The zero-order chi connectivity index (χ0) is 15.4. The van der Waals surface area contributed by atoms with Crippen molar-refractivity contribution in [3.05, 3.63) is 54.2 Å². The topological polar surface area (TPSA) is 42.0 Å². The second kappa shape index (κ2) is 6.94. The van der Waals surface area contributed by atoms with Crippen LogP contribution >= 0.6 is 23.1 Å². The Bertz CT molecular complexity index is 793. The highest BCUT2D eigenvalue weighted by atomic mass is 32.2. The van der Waals surface area contributed by atoms with Crippen molar-refractivity contribution in [2.75, 3.05) is 11.1 Å². The second-order valence-electron chi connectivity index (χ2n) is 4.90. The van der Waals surface area contributed by atoms with Crippen LogP contribution in [0.1, 0.15) is 12.5 Å². The number of hydrogen-bond donors (Lipinski definition) is 1. The van der Waals surface area contributed by atoms with E-state index in [4.69, 9.17) is 0 Å². The molecule has 112 valence electrons. The molecular formula is C17H16N2OS2. The molecule has 1 amide bonds. The van der Waals surface area contributed by atoms with Gasteiger partial charge in [-0.2, -0.15) is 0 Å². The third kappa shape index (κ3) is 3.67. The predicted octanol–water partition coefficient (Wildman–Crippen LogP) is 4.59. The number of fused-ring (bicyclic) bond motifs is 1. The van der Waals surface area contributed by atoms with E-state index in [1.807, 2.05) is 6.20 Å². The summed E-state index contributed by atoms with van der Waals surface area (Å²) in [5.41, 5.74) is 1.37. The molecule has 2 aromatic carbocycles. The van der Waals surface area contributed by atoms with Crippen LogP contribution in [-0.2, 0) is 11.2 Å². The van der Waals surface area contributed by atoms with E-state index in [0.717, 1.165) is 16.4 Å². The molecule has 0 saturated carbocycles. The van der Waals surface area contributed by atoms with Crippen LogP contribution in [0.15, 0.2) is 52.9 Å². The first-order valence-electron chi connectivity index (χ1n) is 7.05. The minimum Gasteiger partial charge on any atom is -0.302 e. The number of nitrogens with zero attached hydrogens (tertiary/aromatic N) is 1. The number of carbonyl (C=O) groups is 1. The van der Waals surface area contributed by atoms with Crippen LogP contribution in [0.2, 0.25) is 0 Å². The molecule has 3 rings (SSSR count). The molecule has 3 aromatic rings. The molecule has 3 nitrogen and oxygen atoms in total. The normalized spacial score (nSPS) is 10.8. The molecular weight excluding hydrogens is 312 g/mol. The quantitative estimate of drug-likeness (QED) is 0.697. The number of aromatic nitrogens is 1. The van der Waals surface area contributed by atoms with Crippen molar-refractivity contribution in [1.29, 1.82) is 0 Å². The van der Waals surface area contributed by atoms with Crippen LogP contribution in [0.25, 0.3) is 10.8 Å². The summed E-state index contributed by atoms with van der Waals surface area (Å²) in [5.74, 6) is 0.914. The number of hydrogen-bond acceptors (Lipinski definition) is 4. The molecule has 22 heavy (non-hydrogen) atoms. The maximum absolute atomic E-state index is 11.0. The van der Waals surface area contributed by atoms with Crippen LogP contribution < -0.4 is 5.32 Å². The summed E-state index contributed by atoms with van der Waals surface area (Å²) in [6, 6.07) is 14.9. The highest BCUT2D eigenvalue weighted by Crippen LogP contribution is 2.29. The summed E-state index contributed by atoms with van der Waals surface area (Å²) in [6.45, 7) is 1.49. The fourth-order valence-corrected chi connectivity index (χ4v) is 4.28. The molecule has 0 atom stereocenters. The fourth-order valence-electron chi connectivity index (χ4n) is 2.31. The summed E-state index contributed by atoms with van der Waals surface area (Å²) in [4.78, 5) is 15.2. The lowest BCUT2D eigenvalue weighted by Gasteiger charge is -2.05. The lowest BCUT2D eigenvalue weighted by molar-refractivity contribution is -0.114. The lowest BCUT2D eigenvalue weighted by atomic mass is 10.0. The van der Waals surface area contributed by atoms with Crippen molar-refractivity contribution in [3.8, 4) is 0 Å². The summed E-state index contributed by atoms with van der Waals surface area (Å²) < 4.78 is 1.13. The molecule has 0 saturated heterocycles. The van der Waals surface area contributed by atoms with Crippen molar-refractivity contribution in [3.63, 3.8) is 0 Å². The van der Waals surface area contributed by atoms with Crippen LogP contribution in [-0.4, -0.2) is 16.6 Å². The summed E-state index contributed by atoms with van der Waals surface area (Å²) in [6.07, 6.45) is 2.84. The predicted molar refractivity (Wildman–Crippen MR) is 94.8 cm³/mol. The fraction of sp³-hybridized carbons (Fsp3) is 0.176. The Morgan fingerprint density at radius 3 is 2.91 bits per heavy atom. The Hall–Kier alpha value is -1.85. The van der Waals surface area contributed by atoms with Gasteiger partial charge in [0, 0.05) is 12.7 Å². The molecule has 0 radical (unpaired) electrons. The molecule has 0 aliphatic carbocycles. The van der Waals surface area contributed by atoms with E-state index in [0.29, 0.717) is 5.13 Å². The molecule has 1 N–H and O–H groups in total. The van der Waals surface area contributed by atoms with Gasteiger partial charge in [-0.15, -0.1) is 11.8 Å². The number of thioether (sulfide) groups is 1. The van der Waals surface area contributed by atoms with Gasteiger partial charge in [-0.25, -0.2) is 4.98 Å². The van der Waals surface area contributed by atoms with E-state index in [1.54, 1.807) is 11.8 Å². The van der Waals surface area contributed by atoms with Crippen LogP contribution in [0, 0.1) is 0 Å². The lowest BCUT2D eigenvalue weighted by Crippen LogP contribution is -2.04. The van der Waals surface area contributed by atoms with E-state index >= 15 is 0 Å². The molecule has 1 aromatic heterocycles. The van der Waals surface area contributed by atoms with Gasteiger partial charge in [0.05, 0.1) is 10.4 Å². The van der Waals surface area contributed by atoms with Crippen LogP contribution in [0.3, 0.4) is 0 Å². The number of nitrogens with one attached hydrogen (secondary N) is 1. The van der Waals surface area contributed by atoms with Gasteiger partial charge < -0.3 is 5.32 Å². The monoisotopic (exact) mass is 328 g/mol. The smallest absolute Gasteiger partial charge is 0.223 e.